The van der Waals surface area contributed by atoms with Crippen LogP contribution in [0.1, 0.15) is 24.2 Å². The van der Waals surface area contributed by atoms with Crippen LogP contribution in [0, 0.1) is 0 Å². The van der Waals surface area contributed by atoms with Crippen molar-refractivity contribution in [2.24, 2.45) is 0 Å². The van der Waals surface area contributed by atoms with E-state index in [1.54, 1.807) is 18.2 Å². The maximum absolute atomic E-state index is 11.7. The molecule has 2 rings (SSSR count). The molecule has 2 aromatic carbocycles. The van der Waals surface area contributed by atoms with Crippen LogP contribution >= 0.6 is 15.9 Å². The second-order valence-corrected chi connectivity index (χ2v) is 6.49. The lowest BCUT2D eigenvalue weighted by molar-refractivity contribution is 0.0168. The van der Waals surface area contributed by atoms with Crippen molar-refractivity contribution in [2.75, 3.05) is 13.2 Å². The Morgan fingerprint density at radius 3 is 2.62 bits per heavy atom. The predicted molar refractivity (Wildman–Crippen MR) is 101 cm³/mol. The third-order valence-electron chi connectivity index (χ3n) is 3.62. The van der Waals surface area contributed by atoms with Crippen molar-refractivity contribution in [2.45, 2.75) is 25.7 Å². The molecule has 0 radical (unpaired) electrons. The summed E-state index contributed by atoms with van der Waals surface area (Å²) < 4.78 is 11.3. The first-order valence-electron chi connectivity index (χ1n) is 8.24. The summed E-state index contributed by atoms with van der Waals surface area (Å²) in [6.07, 6.45) is -3.10. The summed E-state index contributed by atoms with van der Waals surface area (Å²) in [7, 11) is 0. The molecule has 0 heterocycles. The number of aliphatic hydroxyl groups excluding tert-OH is 2. The maximum atomic E-state index is 11.7. The third kappa shape index (κ3) is 6.01. The minimum absolute atomic E-state index is 0.130. The number of hydrogen-bond acceptors (Lipinski definition) is 5. The number of benzene rings is 2. The Balaban J connectivity index is 1.87. The molecule has 6 nitrogen and oxygen atoms in total. The van der Waals surface area contributed by atoms with E-state index < -0.39 is 18.3 Å². The van der Waals surface area contributed by atoms with Gasteiger partial charge in [-0.3, -0.25) is 0 Å². The first-order valence-corrected chi connectivity index (χ1v) is 9.03. The zero-order valence-corrected chi connectivity index (χ0v) is 16.0. The maximum Gasteiger partial charge on any atom is 0.407 e. The Kier molecular flexibility index (Phi) is 7.90. The van der Waals surface area contributed by atoms with Crippen molar-refractivity contribution in [1.29, 1.82) is 0 Å². The van der Waals surface area contributed by atoms with Crippen molar-refractivity contribution in [3.05, 3.63) is 64.1 Å². The van der Waals surface area contributed by atoms with E-state index in [2.05, 4.69) is 21.2 Å². The van der Waals surface area contributed by atoms with Gasteiger partial charge in [-0.05, 0) is 30.7 Å². The molecule has 2 aromatic rings. The summed E-state index contributed by atoms with van der Waals surface area (Å²) in [4.78, 5) is 11.7. The molecular weight excluding hydrogens is 402 g/mol. The largest absolute Gasteiger partial charge is 0.493 e. The number of carbonyl (C=O) groups excluding carboxylic acids is 1. The Morgan fingerprint density at radius 1 is 1.19 bits per heavy atom. The average molecular weight is 424 g/mol. The van der Waals surface area contributed by atoms with Crippen molar-refractivity contribution in [1.82, 2.24) is 5.32 Å². The highest BCUT2D eigenvalue weighted by molar-refractivity contribution is 9.10. The quantitative estimate of drug-likeness (QED) is 0.606. The van der Waals surface area contributed by atoms with Gasteiger partial charge in [0.15, 0.2) is 0 Å². The van der Waals surface area contributed by atoms with Crippen LogP contribution in [-0.4, -0.2) is 35.6 Å². The van der Waals surface area contributed by atoms with Crippen LogP contribution in [-0.2, 0) is 11.3 Å². The molecule has 7 heteroatoms. The van der Waals surface area contributed by atoms with E-state index >= 15 is 0 Å². The highest BCUT2D eigenvalue weighted by atomic mass is 79.9. The molecule has 26 heavy (non-hydrogen) atoms. The number of rotatable bonds is 8. The number of alkyl carbamates (subject to hydrolysis) is 1. The zero-order valence-electron chi connectivity index (χ0n) is 14.4. The van der Waals surface area contributed by atoms with Crippen molar-refractivity contribution >= 4 is 22.0 Å². The fourth-order valence-corrected chi connectivity index (χ4v) is 2.70. The number of nitrogens with one attached hydrogen (secondary N) is 1. The third-order valence-corrected chi connectivity index (χ3v) is 4.12. The minimum atomic E-state index is -1.22. The predicted octanol–water partition coefficient (Wildman–Crippen LogP) is 3.17. The average Bonchev–Trinajstić information content (AvgIpc) is 2.66. The molecule has 2 atom stereocenters. The summed E-state index contributed by atoms with van der Waals surface area (Å²) in [5.74, 6) is 0.480. The highest BCUT2D eigenvalue weighted by Crippen LogP contribution is 2.30. The van der Waals surface area contributed by atoms with Gasteiger partial charge in [-0.25, -0.2) is 4.79 Å². The standard InChI is InChI=1S/C19H22BrNO5/c1-2-25-17-9-8-14(20)10-15(17)18(23)16(22)11-21-19(24)26-12-13-6-4-3-5-7-13/h3-10,16,18,22-23H,2,11-12H2,1H3,(H,21,24). The lowest BCUT2D eigenvalue weighted by Gasteiger charge is -2.21. The molecule has 1 amide bonds. The van der Waals surface area contributed by atoms with E-state index in [-0.39, 0.29) is 13.2 Å². The number of ether oxygens (including phenoxy) is 2. The Bertz CT molecular complexity index is 710. The van der Waals surface area contributed by atoms with E-state index in [0.717, 1.165) is 10.0 Å². The van der Waals surface area contributed by atoms with Crippen LogP contribution in [0.25, 0.3) is 0 Å². The van der Waals surface area contributed by atoms with E-state index in [1.807, 2.05) is 37.3 Å². The Hall–Kier alpha value is -2.09. The SMILES string of the molecule is CCOc1ccc(Br)cc1C(O)C(O)CNC(=O)OCc1ccccc1. The molecule has 0 aliphatic carbocycles. The molecule has 0 aliphatic rings. The first kappa shape index (κ1) is 20.2. The number of amides is 1. The van der Waals surface area contributed by atoms with E-state index in [1.165, 1.54) is 0 Å². The second-order valence-electron chi connectivity index (χ2n) is 5.57. The van der Waals surface area contributed by atoms with Crippen molar-refractivity contribution in [3.8, 4) is 5.75 Å². The van der Waals surface area contributed by atoms with Gasteiger partial charge in [0.2, 0.25) is 0 Å². The molecular formula is C19H22BrNO5. The molecule has 0 spiro atoms. The van der Waals surface area contributed by atoms with Gasteiger partial charge in [-0.2, -0.15) is 0 Å². The zero-order chi connectivity index (χ0) is 18.9. The minimum Gasteiger partial charge on any atom is -0.493 e. The van der Waals surface area contributed by atoms with Gasteiger partial charge in [0.25, 0.3) is 0 Å². The second kappa shape index (κ2) is 10.2. The number of hydrogen-bond donors (Lipinski definition) is 3. The van der Waals surface area contributed by atoms with Gasteiger partial charge >= 0.3 is 6.09 Å². The van der Waals surface area contributed by atoms with Gasteiger partial charge in [0.1, 0.15) is 24.6 Å². The van der Waals surface area contributed by atoms with Crippen LogP contribution < -0.4 is 10.1 Å². The molecule has 2 unspecified atom stereocenters. The molecule has 0 bridgehead atoms. The number of aliphatic hydroxyl groups is 2. The van der Waals surface area contributed by atoms with Gasteiger partial charge < -0.3 is 25.0 Å². The van der Waals surface area contributed by atoms with E-state index in [9.17, 15) is 15.0 Å². The molecule has 140 valence electrons. The molecule has 0 aromatic heterocycles. The van der Waals surface area contributed by atoms with Crippen molar-refractivity contribution in [3.63, 3.8) is 0 Å². The van der Waals surface area contributed by atoms with Crippen LogP contribution in [0.4, 0.5) is 4.79 Å². The van der Waals surface area contributed by atoms with Crippen LogP contribution in [0.2, 0.25) is 0 Å². The normalized spacial score (nSPS) is 12.9. The smallest absolute Gasteiger partial charge is 0.407 e. The molecule has 0 saturated carbocycles. The Morgan fingerprint density at radius 2 is 1.92 bits per heavy atom. The van der Waals surface area contributed by atoms with E-state index in [4.69, 9.17) is 9.47 Å². The molecule has 3 N–H and O–H groups in total. The molecule has 0 fully saturated rings. The fraction of sp³-hybridized carbons (Fsp3) is 0.316. The molecule has 0 aliphatic heterocycles. The van der Waals surface area contributed by atoms with Gasteiger partial charge in [0, 0.05) is 16.6 Å². The first-order chi connectivity index (χ1) is 12.5. The Labute approximate surface area is 160 Å². The monoisotopic (exact) mass is 423 g/mol. The number of halogens is 1. The lowest BCUT2D eigenvalue weighted by Crippen LogP contribution is -2.35. The summed E-state index contributed by atoms with van der Waals surface area (Å²) in [5, 5.41) is 23.0. The van der Waals surface area contributed by atoms with E-state index in [0.29, 0.717) is 17.9 Å². The van der Waals surface area contributed by atoms with Crippen LogP contribution in [0.3, 0.4) is 0 Å². The van der Waals surface area contributed by atoms with Gasteiger partial charge in [-0.1, -0.05) is 46.3 Å². The lowest BCUT2D eigenvalue weighted by atomic mass is 10.0. The number of carbonyl (C=O) groups is 1. The van der Waals surface area contributed by atoms with Gasteiger partial charge in [0.05, 0.1) is 6.61 Å². The summed E-state index contributed by atoms with van der Waals surface area (Å²) in [6.45, 7) is 2.23. The fourth-order valence-electron chi connectivity index (χ4n) is 2.32. The van der Waals surface area contributed by atoms with Gasteiger partial charge in [-0.15, -0.1) is 0 Å². The summed E-state index contributed by atoms with van der Waals surface area (Å²) >= 11 is 3.33. The topological polar surface area (TPSA) is 88.0 Å². The highest BCUT2D eigenvalue weighted by Gasteiger charge is 2.23. The van der Waals surface area contributed by atoms with Crippen LogP contribution in [0.5, 0.6) is 5.75 Å². The molecule has 0 saturated heterocycles. The van der Waals surface area contributed by atoms with Crippen molar-refractivity contribution < 1.29 is 24.5 Å². The summed E-state index contributed by atoms with van der Waals surface area (Å²) in [6, 6.07) is 14.4. The summed E-state index contributed by atoms with van der Waals surface area (Å²) in [5.41, 5.74) is 1.30. The van der Waals surface area contributed by atoms with Crippen LogP contribution in [0.15, 0.2) is 53.0 Å².